The van der Waals surface area contributed by atoms with E-state index in [0.29, 0.717) is 6.07 Å². The lowest BCUT2D eigenvalue weighted by molar-refractivity contribution is -0.138. The molecule has 1 aromatic carbocycles. The van der Waals surface area contributed by atoms with Crippen molar-refractivity contribution in [1.82, 2.24) is 10.3 Å². The number of pyridine rings is 1. The minimum atomic E-state index is -4.96. The highest BCUT2D eigenvalue weighted by Crippen LogP contribution is 2.46. The van der Waals surface area contributed by atoms with Gasteiger partial charge in [0.15, 0.2) is 6.19 Å². The van der Waals surface area contributed by atoms with Crippen molar-refractivity contribution in [3.05, 3.63) is 45.2 Å². The molecule has 1 aliphatic rings. The maximum atomic E-state index is 14.8. The number of fused-ring (bicyclic) bond motifs is 1. The van der Waals surface area contributed by atoms with E-state index in [4.69, 9.17) is 28.3 Å². The number of nitrogens with zero attached hydrogens (tertiary/aromatic N) is 4. The molecule has 0 saturated carbocycles. The van der Waals surface area contributed by atoms with Gasteiger partial charge < -0.3 is 16.8 Å². The molecule has 29 heavy (non-hydrogen) atoms. The summed E-state index contributed by atoms with van der Waals surface area (Å²) in [6.45, 7) is 0. The first-order valence-electron chi connectivity index (χ1n) is 7.64. The molecular weight excluding hydrogens is 416 g/mol. The molecule has 0 amide bonds. The van der Waals surface area contributed by atoms with Crippen LogP contribution in [-0.2, 0) is 6.18 Å². The van der Waals surface area contributed by atoms with Crippen LogP contribution in [0.2, 0.25) is 5.02 Å². The SMILES string of the molecule is N#CNC1=NC(c2c(C(F)(F)F)ccc(Cl)c2F)c2c(nc(N)c(C#N)c2N)N1. The van der Waals surface area contributed by atoms with Crippen LogP contribution in [0.15, 0.2) is 17.1 Å². The zero-order chi connectivity index (χ0) is 21.5. The van der Waals surface area contributed by atoms with E-state index >= 15 is 0 Å². The van der Waals surface area contributed by atoms with E-state index in [9.17, 15) is 22.8 Å². The third kappa shape index (κ3) is 3.30. The summed E-state index contributed by atoms with van der Waals surface area (Å²) in [5, 5.41) is 22.1. The molecule has 13 heteroatoms. The van der Waals surface area contributed by atoms with Gasteiger partial charge >= 0.3 is 6.18 Å². The maximum absolute atomic E-state index is 14.8. The molecular formula is C16H9ClF4N8. The largest absolute Gasteiger partial charge is 0.416 e. The number of halogens is 5. The fraction of sp³-hybridized carbons (Fsp3) is 0.125. The van der Waals surface area contributed by atoms with Crippen LogP contribution in [0.5, 0.6) is 0 Å². The standard InChI is InChI=1S/C16H9ClF4N8/c17-7-2-1-6(16(19,20)21)8(10(7)18)12-9-11(24)5(3-22)13(25)28-14(9)29-15(27-12)26-4-23/h1-2,12H,(H6,24,25,26,27,28,29). The Hall–Kier alpha value is -3.77. The summed E-state index contributed by atoms with van der Waals surface area (Å²) in [5.41, 5.74) is 8.44. The molecule has 2 heterocycles. The Morgan fingerprint density at radius 3 is 2.48 bits per heavy atom. The normalized spacial score (nSPS) is 15.4. The molecule has 0 saturated heterocycles. The summed E-state index contributed by atoms with van der Waals surface area (Å²) >= 11 is 5.71. The van der Waals surface area contributed by atoms with E-state index in [1.807, 2.05) is 0 Å². The predicted octanol–water partition coefficient (Wildman–Crippen LogP) is 2.87. The average Bonchev–Trinajstić information content (AvgIpc) is 2.62. The number of aliphatic imine (C=N–C) groups is 1. The highest BCUT2D eigenvalue weighted by Gasteiger charge is 2.41. The van der Waals surface area contributed by atoms with Crippen LogP contribution in [0.3, 0.4) is 0 Å². The number of nitrogens with two attached hydrogens (primary N) is 2. The second-order valence-electron chi connectivity index (χ2n) is 5.72. The van der Waals surface area contributed by atoms with Gasteiger partial charge in [0.25, 0.3) is 0 Å². The smallest absolute Gasteiger partial charge is 0.397 e. The second-order valence-corrected chi connectivity index (χ2v) is 6.13. The molecule has 0 bridgehead atoms. The molecule has 8 nitrogen and oxygen atoms in total. The van der Waals surface area contributed by atoms with Gasteiger partial charge in [0.05, 0.1) is 16.3 Å². The molecule has 1 unspecified atom stereocenters. The van der Waals surface area contributed by atoms with Gasteiger partial charge in [0.1, 0.15) is 35.1 Å². The van der Waals surface area contributed by atoms with E-state index < -0.39 is 34.2 Å². The summed E-state index contributed by atoms with van der Waals surface area (Å²) in [5.74, 6) is -2.21. The van der Waals surface area contributed by atoms with Crippen LogP contribution in [0.1, 0.15) is 28.3 Å². The summed E-state index contributed by atoms with van der Waals surface area (Å²) in [6.07, 6.45) is -3.43. The Labute approximate surface area is 165 Å². The van der Waals surface area contributed by atoms with Crippen molar-refractivity contribution in [2.24, 2.45) is 4.99 Å². The number of anilines is 3. The molecule has 3 rings (SSSR count). The lowest BCUT2D eigenvalue weighted by Gasteiger charge is -2.28. The minimum Gasteiger partial charge on any atom is -0.397 e. The topological polar surface area (TPSA) is 149 Å². The van der Waals surface area contributed by atoms with Crippen LogP contribution < -0.4 is 22.1 Å². The van der Waals surface area contributed by atoms with Crippen LogP contribution in [-0.4, -0.2) is 10.9 Å². The van der Waals surface area contributed by atoms with Gasteiger partial charge in [-0.25, -0.2) is 14.4 Å². The first-order chi connectivity index (χ1) is 13.6. The number of hydrogen-bond donors (Lipinski definition) is 4. The van der Waals surface area contributed by atoms with Crippen molar-refractivity contribution in [2.45, 2.75) is 12.2 Å². The molecule has 0 radical (unpaired) electrons. The molecule has 1 atom stereocenters. The van der Waals surface area contributed by atoms with Crippen LogP contribution in [0.4, 0.5) is 34.9 Å². The van der Waals surface area contributed by atoms with E-state index in [2.05, 4.69) is 20.6 Å². The number of alkyl halides is 3. The maximum Gasteiger partial charge on any atom is 0.416 e. The lowest BCUT2D eigenvalue weighted by atomic mass is 9.91. The van der Waals surface area contributed by atoms with E-state index in [0.717, 1.165) is 6.07 Å². The van der Waals surface area contributed by atoms with Crippen LogP contribution in [0.25, 0.3) is 0 Å². The van der Waals surface area contributed by atoms with Crippen LogP contribution >= 0.6 is 11.6 Å². The van der Waals surface area contributed by atoms with Crippen molar-refractivity contribution in [1.29, 1.82) is 10.5 Å². The second kappa shape index (κ2) is 7.00. The number of aromatic nitrogens is 1. The van der Waals surface area contributed by atoms with E-state index in [-0.39, 0.29) is 34.4 Å². The van der Waals surface area contributed by atoms with Crippen molar-refractivity contribution >= 4 is 34.9 Å². The molecule has 2 aromatic rings. The Bertz CT molecular complexity index is 1130. The Morgan fingerprint density at radius 2 is 1.90 bits per heavy atom. The van der Waals surface area contributed by atoms with Gasteiger partial charge in [-0.2, -0.15) is 23.7 Å². The van der Waals surface area contributed by atoms with Crippen LogP contribution in [0, 0.1) is 28.6 Å². The molecule has 0 aliphatic carbocycles. The zero-order valence-corrected chi connectivity index (χ0v) is 14.8. The van der Waals surface area contributed by atoms with Gasteiger partial charge in [-0.15, -0.1) is 0 Å². The molecule has 1 aliphatic heterocycles. The van der Waals surface area contributed by atoms with Crippen molar-refractivity contribution in [2.75, 3.05) is 16.8 Å². The summed E-state index contributed by atoms with van der Waals surface area (Å²) in [4.78, 5) is 7.82. The number of guanidine groups is 1. The van der Waals surface area contributed by atoms with Crippen molar-refractivity contribution < 1.29 is 17.6 Å². The number of nitrogen functional groups attached to an aromatic ring is 2. The van der Waals surface area contributed by atoms with Gasteiger partial charge in [-0.1, -0.05) is 11.6 Å². The molecule has 0 spiro atoms. The first-order valence-corrected chi connectivity index (χ1v) is 8.01. The minimum absolute atomic E-state index is 0.191. The van der Waals surface area contributed by atoms with Crippen molar-refractivity contribution in [3.8, 4) is 12.3 Å². The summed E-state index contributed by atoms with van der Waals surface area (Å²) in [6, 6.07) is 1.33. The number of benzene rings is 1. The third-order valence-electron chi connectivity index (χ3n) is 4.07. The van der Waals surface area contributed by atoms with Crippen molar-refractivity contribution in [3.63, 3.8) is 0 Å². The lowest BCUT2D eigenvalue weighted by Crippen LogP contribution is -2.33. The predicted molar refractivity (Wildman–Crippen MR) is 95.8 cm³/mol. The molecule has 6 N–H and O–H groups in total. The third-order valence-corrected chi connectivity index (χ3v) is 4.36. The monoisotopic (exact) mass is 424 g/mol. The molecule has 148 valence electrons. The fourth-order valence-electron chi connectivity index (χ4n) is 2.87. The zero-order valence-electron chi connectivity index (χ0n) is 14.1. The highest BCUT2D eigenvalue weighted by atomic mass is 35.5. The Morgan fingerprint density at radius 1 is 1.21 bits per heavy atom. The number of hydrogen-bond acceptors (Lipinski definition) is 8. The quantitative estimate of drug-likeness (QED) is 0.312. The van der Waals surface area contributed by atoms with Gasteiger partial charge in [0, 0.05) is 11.1 Å². The number of nitrogens with one attached hydrogen (secondary N) is 2. The first kappa shape index (κ1) is 20.0. The summed E-state index contributed by atoms with van der Waals surface area (Å²) in [7, 11) is 0. The Balaban J connectivity index is 2.41. The fourth-order valence-corrected chi connectivity index (χ4v) is 3.04. The van der Waals surface area contributed by atoms with Gasteiger partial charge in [0.2, 0.25) is 5.96 Å². The summed E-state index contributed by atoms with van der Waals surface area (Å²) < 4.78 is 55.6. The van der Waals surface area contributed by atoms with Gasteiger partial charge in [-0.3, -0.25) is 5.32 Å². The van der Waals surface area contributed by atoms with Gasteiger partial charge in [-0.05, 0) is 12.1 Å². The van der Waals surface area contributed by atoms with E-state index in [1.54, 1.807) is 6.07 Å². The highest BCUT2D eigenvalue weighted by molar-refractivity contribution is 6.30. The number of nitriles is 2. The van der Waals surface area contributed by atoms with E-state index in [1.165, 1.54) is 6.19 Å². The molecule has 1 aromatic heterocycles. The molecule has 0 fully saturated rings. The average molecular weight is 425 g/mol. The number of rotatable bonds is 1. The Kier molecular flexibility index (Phi) is 4.82.